The summed E-state index contributed by atoms with van der Waals surface area (Å²) in [5.41, 5.74) is 1.89. The molecule has 1 amide bonds. The Labute approximate surface area is 284 Å². The van der Waals surface area contributed by atoms with Crippen molar-refractivity contribution in [2.24, 2.45) is 0 Å². The van der Waals surface area contributed by atoms with Crippen LogP contribution in [0, 0.1) is 0 Å². The predicted molar refractivity (Wildman–Crippen MR) is 185 cm³/mol. The van der Waals surface area contributed by atoms with Gasteiger partial charge < -0.3 is 43.8 Å². The number of hydrogen-bond donors (Lipinski definition) is 2. The number of carbonyl (C=O) groups excluding carboxylic acids is 2. The molecule has 14 heteroatoms. The summed E-state index contributed by atoms with van der Waals surface area (Å²) in [6.07, 6.45) is 3.89. The summed E-state index contributed by atoms with van der Waals surface area (Å²) < 4.78 is 27.7. The molecule has 0 saturated carbocycles. The van der Waals surface area contributed by atoms with Gasteiger partial charge in [-0.25, -0.2) is 19.6 Å². The number of carbonyl (C=O) groups is 2. The van der Waals surface area contributed by atoms with Crippen molar-refractivity contribution in [3.05, 3.63) is 36.3 Å². The molecule has 0 bridgehead atoms. The molecule has 3 aromatic rings. The molecule has 2 aromatic heterocycles. The average molecular weight is 672 g/mol. The normalized spacial score (nSPS) is 11.6. The lowest BCUT2D eigenvalue weighted by atomic mass is 10.2. The third-order valence-electron chi connectivity index (χ3n) is 7.31. The highest BCUT2D eigenvalue weighted by Crippen LogP contribution is 2.33. The van der Waals surface area contributed by atoms with E-state index in [0.29, 0.717) is 61.5 Å². The second kappa shape index (κ2) is 19.0. The Morgan fingerprint density at radius 3 is 2.46 bits per heavy atom. The van der Waals surface area contributed by atoms with Gasteiger partial charge in [-0.1, -0.05) is 6.92 Å². The van der Waals surface area contributed by atoms with Gasteiger partial charge in [0.1, 0.15) is 30.0 Å². The Kier molecular flexibility index (Phi) is 15.2. The average Bonchev–Trinajstić information content (AvgIpc) is 3.45. The smallest absolute Gasteiger partial charge is 0.410 e. The van der Waals surface area contributed by atoms with Crippen LogP contribution in [-0.2, 0) is 25.5 Å². The van der Waals surface area contributed by atoms with Crippen molar-refractivity contribution in [1.29, 1.82) is 0 Å². The van der Waals surface area contributed by atoms with Crippen LogP contribution in [0.2, 0.25) is 0 Å². The monoisotopic (exact) mass is 671 g/mol. The molecule has 0 aliphatic rings. The highest BCUT2D eigenvalue weighted by Gasteiger charge is 2.20. The first-order valence-corrected chi connectivity index (χ1v) is 16.4. The molecule has 0 saturated heterocycles. The maximum atomic E-state index is 12.3. The summed E-state index contributed by atoms with van der Waals surface area (Å²) in [7, 11) is 5.47. The number of aromatic amines is 1. The van der Waals surface area contributed by atoms with Crippen LogP contribution < -0.4 is 14.8 Å². The molecule has 0 radical (unpaired) electrons. The van der Waals surface area contributed by atoms with E-state index in [0.717, 1.165) is 37.0 Å². The number of benzene rings is 1. The van der Waals surface area contributed by atoms with Gasteiger partial charge in [-0.2, -0.15) is 0 Å². The Bertz CT molecular complexity index is 1440. The minimum atomic E-state index is -0.528. The standard InChI is InChI=1S/C34H53N7O7/c1-9-41(16-18-44-8)17-19-46-27-13-12-26(20-28(27)47-23-29(42)45-10-2)38-32-30-25(21-35-31(30)36-24-37-32)22-39(6)14-11-15-40(7)33(43)48-34(3,4)5/h12-13,20-21,24H,9-11,14-19,22-23H2,1-8H3,(H2,35,36,37,38). The van der Waals surface area contributed by atoms with Gasteiger partial charge in [0.05, 0.1) is 18.6 Å². The van der Waals surface area contributed by atoms with E-state index in [1.807, 2.05) is 46.1 Å². The predicted octanol–water partition coefficient (Wildman–Crippen LogP) is 4.68. The summed E-state index contributed by atoms with van der Waals surface area (Å²) in [6, 6.07) is 5.47. The fraction of sp³-hybridized carbons (Fsp3) is 0.588. The largest absolute Gasteiger partial charge is 0.488 e. The van der Waals surface area contributed by atoms with Crippen LogP contribution in [0.5, 0.6) is 11.5 Å². The first-order chi connectivity index (χ1) is 22.9. The van der Waals surface area contributed by atoms with E-state index in [1.165, 1.54) is 6.33 Å². The third-order valence-corrected chi connectivity index (χ3v) is 7.31. The van der Waals surface area contributed by atoms with Crippen LogP contribution in [0.4, 0.5) is 16.3 Å². The number of methoxy groups -OCH3 is 1. The highest BCUT2D eigenvalue weighted by atomic mass is 16.6. The molecule has 2 N–H and O–H groups in total. The number of nitrogens with one attached hydrogen (secondary N) is 2. The topological polar surface area (TPSA) is 144 Å². The minimum Gasteiger partial charge on any atom is -0.488 e. The SMILES string of the molecule is CCOC(=O)COc1cc(Nc2ncnc3[nH]cc(CN(C)CCCN(C)C(=O)OC(C)(C)C)c23)ccc1OCCN(CC)CCOC. The van der Waals surface area contributed by atoms with Crippen molar-refractivity contribution in [1.82, 2.24) is 29.7 Å². The zero-order valence-corrected chi connectivity index (χ0v) is 29.8. The van der Waals surface area contributed by atoms with Crippen LogP contribution >= 0.6 is 0 Å². The summed E-state index contributed by atoms with van der Waals surface area (Å²) in [6.45, 7) is 14.9. The van der Waals surface area contributed by atoms with Crippen LogP contribution in [-0.4, -0.2) is 128 Å². The molecule has 1 aromatic carbocycles. The second-order valence-corrected chi connectivity index (χ2v) is 12.4. The quantitative estimate of drug-likeness (QED) is 0.161. The van der Waals surface area contributed by atoms with Crippen molar-refractivity contribution in [3.8, 4) is 11.5 Å². The molecule has 0 aliphatic heterocycles. The van der Waals surface area contributed by atoms with Gasteiger partial charge >= 0.3 is 12.1 Å². The van der Waals surface area contributed by atoms with E-state index in [9.17, 15) is 9.59 Å². The number of hydrogen-bond acceptors (Lipinski definition) is 12. The molecular formula is C34H53N7O7. The van der Waals surface area contributed by atoms with Gasteiger partial charge in [0.2, 0.25) is 0 Å². The molecule has 48 heavy (non-hydrogen) atoms. The van der Waals surface area contributed by atoms with Gasteiger partial charge in [-0.05, 0) is 71.9 Å². The fourth-order valence-electron chi connectivity index (χ4n) is 4.85. The molecule has 0 spiro atoms. The highest BCUT2D eigenvalue weighted by molar-refractivity contribution is 5.92. The minimum absolute atomic E-state index is 0.248. The molecule has 2 heterocycles. The second-order valence-electron chi connectivity index (χ2n) is 12.4. The molecule has 14 nitrogen and oxygen atoms in total. The van der Waals surface area contributed by atoms with Gasteiger partial charge in [-0.3, -0.25) is 4.90 Å². The van der Waals surface area contributed by atoms with Crippen LogP contribution in [0.3, 0.4) is 0 Å². The fourth-order valence-corrected chi connectivity index (χ4v) is 4.85. The Balaban J connectivity index is 1.71. The number of aromatic nitrogens is 3. The first kappa shape index (κ1) is 38.3. The van der Waals surface area contributed by atoms with E-state index < -0.39 is 11.6 Å². The van der Waals surface area contributed by atoms with Crippen LogP contribution in [0.25, 0.3) is 11.0 Å². The van der Waals surface area contributed by atoms with Crippen LogP contribution in [0.15, 0.2) is 30.7 Å². The van der Waals surface area contributed by atoms with Crippen molar-refractivity contribution in [2.75, 3.05) is 85.7 Å². The van der Waals surface area contributed by atoms with E-state index in [2.05, 4.69) is 37.0 Å². The van der Waals surface area contributed by atoms with Crippen molar-refractivity contribution in [3.63, 3.8) is 0 Å². The zero-order valence-electron chi connectivity index (χ0n) is 29.8. The van der Waals surface area contributed by atoms with Crippen molar-refractivity contribution in [2.45, 2.75) is 53.2 Å². The summed E-state index contributed by atoms with van der Waals surface area (Å²) in [5.74, 6) is 1.08. The Morgan fingerprint density at radius 1 is 0.979 bits per heavy atom. The van der Waals surface area contributed by atoms with E-state index in [4.69, 9.17) is 23.7 Å². The molecule has 0 fully saturated rings. The Hall–Kier alpha value is -4.14. The molecule has 3 rings (SSSR count). The van der Waals surface area contributed by atoms with Gasteiger partial charge in [0, 0.05) is 58.3 Å². The maximum absolute atomic E-state index is 12.3. The molecule has 0 atom stereocenters. The lowest BCUT2D eigenvalue weighted by Gasteiger charge is -2.25. The molecule has 0 unspecified atom stereocenters. The van der Waals surface area contributed by atoms with Crippen molar-refractivity contribution >= 4 is 34.6 Å². The molecule has 0 aliphatic carbocycles. The van der Waals surface area contributed by atoms with Crippen molar-refractivity contribution < 1.29 is 33.3 Å². The summed E-state index contributed by atoms with van der Waals surface area (Å²) in [5, 5.41) is 4.26. The number of H-pyrrole nitrogens is 1. The Morgan fingerprint density at radius 2 is 1.75 bits per heavy atom. The van der Waals surface area contributed by atoms with E-state index >= 15 is 0 Å². The van der Waals surface area contributed by atoms with Gasteiger partial charge in [0.15, 0.2) is 18.1 Å². The number of amides is 1. The lowest BCUT2D eigenvalue weighted by Crippen LogP contribution is -2.35. The number of likely N-dealkylation sites (N-methyl/N-ethyl adjacent to an activating group) is 1. The first-order valence-electron chi connectivity index (χ1n) is 16.4. The number of fused-ring (bicyclic) bond motifs is 1. The van der Waals surface area contributed by atoms with Gasteiger partial charge in [0.25, 0.3) is 0 Å². The zero-order chi connectivity index (χ0) is 35.1. The third kappa shape index (κ3) is 12.5. The lowest BCUT2D eigenvalue weighted by molar-refractivity contribution is -0.145. The van der Waals surface area contributed by atoms with Gasteiger partial charge in [-0.15, -0.1) is 0 Å². The number of nitrogens with zero attached hydrogens (tertiary/aromatic N) is 5. The molecular weight excluding hydrogens is 618 g/mol. The number of esters is 1. The molecule has 266 valence electrons. The number of anilines is 2. The number of ether oxygens (including phenoxy) is 5. The summed E-state index contributed by atoms with van der Waals surface area (Å²) in [4.78, 5) is 42.6. The van der Waals surface area contributed by atoms with Crippen LogP contribution in [0.1, 0.15) is 46.6 Å². The van der Waals surface area contributed by atoms with E-state index in [1.54, 1.807) is 32.0 Å². The van der Waals surface area contributed by atoms with E-state index in [-0.39, 0.29) is 19.3 Å². The maximum Gasteiger partial charge on any atom is 0.410 e. The number of rotatable bonds is 20. The summed E-state index contributed by atoms with van der Waals surface area (Å²) >= 11 is 0.